The quantitative estimate of drug-likeness (QED) is 0.789. The van der Waals surface area contributed by atoms with Crippen molar-refractivity contribution >= 4 is 17.1 Å². The largest absolute Gasteiger partial charge is 0.465 e. The highest BCUT2D eigenvalue weighted by molar-refractivity contribution is 5.78. The number of amides is 1. The van der Waals surface area contributed by atoms with E-state index < -0.39 is 12.4 Å². The molecule has 0 fully saturated rings. The van der Waals surface area contributed by atoms with Gasteiger partial charge >= 0.3 is 6.09 Å². The lowest BCUT2D eigenvalue weighted by atomic mass is 10.3. The van der Waals surface area contributed by atoms with Crippen molar-refractivity contribution in [2.45, 2.75) is 13.3 Å². The first-order chi connectivity index (χ1) is 9.91. The van der Waals surface area contributed by atoms with Crippen molar-refractivity contribution in [2.75, 3.05) is 27.2 Å². The summed E-state index contributed by atoms with van der Waals surface area (Å²) >= 11 is 0. The van der Waals surface area contributed by atoms with Gasteiger partial charge in [0.1, 0.15) is 12.0 Å². The van der Waals surface area contributed by atoms with Crippen molar-refractivity contribution < 1.29 is 15.0 Å². The molecule has 2 N–H and O–H groups in total. The van der Waals surface area contributed by atoms with Crippen LogP contribution in [0, 0.1) is 6.92 Å². The van der Waals surface area contributed by atoms with Crippen LogP contribution in [0.5, 0.6) is 0 Å². The average Bonchev–Trinajstić information content (AvgIpc) is 2.88. The van der Waals surface area contributed by atoms with E-state index in [0.717, 1.165) is 11.1 Å². The first-order valence-corrected chi connectivity index (χ1v) is 6.52. The van der Waals surface area contributed by atoms with Crippen LogP contribution in [0.15, 0.2) is 18.6 Å². The molecular weight excluding hydrogens is 274 g/mol. The van der Waals surface area contributed by atoms with Crippen LogP contribution >= 0.6 is 0 Å². The Balaban J connectivity index is 2.12. The Morgan fingerprint density at radius 3 is 2.76 bits per heavy atom. The van der Waals surface area contributed by atoms with Gasteiger partial charge in [0.05, 0.1) is 5.69 Å². The van der Waals surface area contributed by atoms with Gasteiger partial charge in [0, 0.05) is 31.7 Å². The molecule has 0 aromatic carbocycles. The summed E-state index contributed by atoms with van der Waals surface area (Å²) in [5, 5.41) is 20.1. The highest BCUT2D eigenvalue weighted by atomic mass is 16.4. The molecule has 1 unspecified atom stereocenters. The normalized spacial score (nSPS) is 12.8. The number of likely N-dealkylation sites (N-methyl/N-ethyl adjacent to an activating group) is 2. The third kappa shape index (κ3) is 3.11. The molecule has 0 aliphatic heterocycles. The van der Waals surface area contributed by atoms with Crippen molar-refractivity contribution in [1.29, 1.82) is 0 Å². The minimum Gasteiger partial charge on any atom is -0.465 e. The fourth-order valence-electron chi connectivity index (χ4n) is 2.01. The van der Waals surface area contributed by atoms with Gasteiger partial charge < -0.3 is 15.1 Å². The van der Waals surface area contributed by atoms with Gasteiger partial charge in [-0.05, 0) is 20.0 Å². The lowest BCUT2D eigenvalue weighted by Crippen LogP contribution is -2.37. The van der Waals surface area contributed by atoms with Gasteiger partial charge in [-0.25, -0.2) is 14.8 Å². The van der Waals surface area contributed by atoms with Crippen LogP contribution in [0.25, 0.3) is 11.0 Å². The first kappa shape index (κ1) is 15.2. The van der Waals surface area contributed by atoms with Gasteiger partial charge in [-0.2, -0.15) is 0 Å². The van der Waals surface area contributed by atoms with Gasteiger partial charge in [-0.3, -0.25) is 9.47 Å². The maximum absolute atomic E-state index is 10.7. The summed E-state index contributed by atoms with van der Waals surface area (Å²) in [6.45, 7) is 2.58. The minimum absolute atomic E-state index is 0.302. The van der Waals surface area contributed by atoms with Crippen LogP contribution in [0.1, 0.15) is 12.0 Å². The van der Waals surface area contributed by atoms with E-state index in [1.54, 1.807) is 22.7 Å². The highest BCUT2D eigenvalue weighted by Crippen LogP contribution is 2.19. The molecular formula is C13H19N5O3. The molecule has 1 atom stereocenters. The molecule has 2 rings (SSSR count). The molecule has 0 saturated carbocycles. The Morgan fingerprint density at radius 1 is 1.38 bits per heavy atom. The molecule has 1 amide bonds. The summed E-state index contributed by atoms with van der Waals surface area (Å²) in [7, 11) is 3.21. The van der Waals surface area contributed by atoms with Gasteiger partial charge in [-0.15, -0.1) is 0 Å². The van der Waals surface area contributed by atoms with Crippen LogP contribution in [0.3, 0.4) is 0 Å². The van der Waals surface area contributed by atoms with Crippen molar-refractivity contribution in [3.05, 3.63) is 24.3 Å². The van der Waals surface area contributed by atoms with Crippen molar-refractivity contribution in [3.63, 3.8) is 0 Å². The van der Waals surface area contributed by atoms with Gasteiger partial charge in [0.15, 0.2) is 6.35 Å². The SMILES string of the molecule is Cc1ncnc2c1ccn2C(O)N(C)CCN(C)C(=O)O. The Kier molecular flexibility index (Phi) is 4.39. The number of rotatable bonds is 5. The third-order valence-electron chi connectivity index (χ3n) is 3.47. The molecule has 0 aliphatic rings. The smallest absolute Gasteiger partial charge is 0.407 e. The topological polar surface area (TPSA) is 94.7 Å². The number of fused-ring (bicyclic) bond motifs is 1. The summed E-state index contributed by atoms with van der Waals surface area (Å²) in [5.41, 5.74) is 1.49. The van der Waals surface area contributed by atoms with Crippen LogP contribution < -0.4 is 0 Å². The number of nitrogens with zero attached hydrogens (tertiary/aromatic N) is 5. The lowest BCUT2D eigenvalue weighted by molar-refractivity contribution is -0.0382. The van der Waals surface area contributed by atoms with E-state index in [4.69, 9.17) is 5.11 Å². The predicted molar refractivity (Wildman–Crippen MR) is 76.8 cm³/mol. The molecule has 2 aromatic heterocycles. The summed E-state index contributed by atoms with van der Waals surface area (Å²) in [5.74, 6) is 0. The number of aryl methyl sites for hydroxylation is 1. The second-order valence-corrected chi connectivity index (χ2v) is 4.95. The molecule has 0 radical (unpaired) electrons. The number of hydrogen-bond acceptors (Lipinski definition) is 5. The maximum Gasteiger partial charge on any atom is 0.407 e. The number of aromatic nitrogens is 3. The van der Waals surface area contributed by atoms with E-state index in [1.807, 2.05) is 13.0 Å². The molecule has 0 bridgehead atoms. The van der Waals surface area contributed by atoms with E-state index in [0.29, 0.717) is 18.7 Å². The Labute approximate surface area is 122 Å². The number of hydrogen-bond donors (Lipinski definition) is 2. The number of aliphatic hydroxyl groups is 1. The van der Waals surface area contributed by atoms with Gasteiger partial charge in [0.25, 0.3) is 0 Å². The van der Waals surface area contributed by atoms with Crippen LogP contribution in [-0.4, -0.2) is 67.8 Å². The summed E-state index contributed by atoms with van der Waals surface area (Å²) in [4.78, 5) is 21.9. The van der Waals surface area contributed by atoms with Crippen molar-refractivity contribution in [1.82, 2.24) is 24.3 Å². The molecule has 0 spiro atoms. The Hall–Kier alpha value is -2.19. The molecule has 2 aromatic rings. The van der Waals surface area contributed by atoms with Gasteiger partial charge in [-0.1, -0.05) is 0 Å². The lowest BCUT2D eigenvalue weighted by Gasteiger charge is -2.26. The number of carbonyl (C=O) groups is 1. The van der Waals surface area contributed by atoms with Crippen LogP contribution in [0.4, 0.5) is 4.79 Å². The molecule has 2 heterocycles. The monoisotopic (exact) mass is 293 g/mol. The van der Waals surface area contributed by atoms with E-state index in [9.17, 15) is 9.90 Å². The van der Waals surface area contributed by atoms with Crippen LogP contribution in [0.2, 0.25) is 0 Å². The maximum atomic E-state index is 10.7. The fraction of sp³-hybridized carbons (Fsp3) is 0.462. The zero-order valence-corrected chi connectivity index (χ0v) is 12.3. The average molecular weight is 293 g/mol. The Bertz CT molecular complexity index is 642. The molecule has 21 heavy (non-hydrogen) atoms. The van der Waals surface area contributed by atoms with Crippen molar-refractivity contribution in [3.8, 4) is 0 Å². The molecule has 0 aliphatic carbocycles. The van der Waals surface area contributed by atoms with Crippen molar-refractivity contribution in [2.24, 2.45) is 0 Å². The van der Waals surface area contributed by atoms with E-state index in [1.165, 1.54) is 18.3 Å². The highest BCUT2D eigenvalue weighted by Gasteiger charge is 2.17. The molecule has 0 saturated heterocycles. The number of carboxylic acid groups (broad SMARTS) is 1. The minimum atomic E-state index is -0.993. The zero-order chi connectivity index (χ0) is 15.6. The number of aliphatic hydroxyl groups excluding tert-OH is 1. The predicted octanol–water partition coefficient (Wildman–Crippen LogP) is 0.730. The summed E-state index contributed by atoms with van der Waals surface area (Å²) < 4.78 is 1.63. The second-order valence-electron chi connectivity index (χ2n) is 4.95. The molecule has 8 nitrogen and oxygen atoms in total. The summed E-state index contributed by atoms with van der Waals surface area (Å²) in [6.07, 6.45) is 1.29. The van der Waals surface area contributed by atoms with E-state index in [2.05, 4.69) is 9.97 Å². The standard InChI is InChI=1S/C13H19N5O3/c1-9-10-4-5-18(11(10)15-8-14-9)12(19)16(2)6-7-17(3)13(20)21/h4-5,8,12,19H,6-7H2,1-3H3,(H,20,21). The van der Waals surface area contributed by atoms with Crippen LogP contribution in [-0.2, 0) is 0 Å². The fourth-order valence-corrected chi connectivity index (χ4v) is 2.01. The summed E-state index contributed by atoms with van der Waals surface area (Å²) in [6, 6.07) is 1.85. The van der Waals surface area contributed by atoms with E-state index in [-0.39, 0.29) is 0 Å². The Morgan fingerprint density at radius 2 is 2.10 bits per heavy atom. The second kappa shape index (κ2) is 6.06. The zero-order valence-electron chi connectivity index (χ0n) is 12.3. The third-order valence-corrected chi connectivity index (χ3v) is 3.47. The molecule has 8 heteroatoms. The molecule has 114 valence electrons. The first-order valence-electron chi connectivity index (χ1n) is 6.52. The van der Waals surface area contributed by atoms with Gasteiger partial charge in [0.2, 0.25) is 0 Å². The van der Waals surface area contributed by atoms with E-state index >= 15 is 0 Å².